The SMILES string of the molecule is CCCCCCCCC(C1CCCCC1)C1CCCCC1. The van der Waals surface area contributed by atoms with Crippen LogP contribution in [0.1, 0.15) is 116 Å². The Morgan fingerprint density at radius 3 is 1.62 bits per heavy atom. The summed E-state index contributed by atoms with van der Waals surface area (Å²) in [5.74, 6) is 3.33. The van der Waals surface area contributed by atoms with Gasteiger partial charge in [0, 0.05) is 0 Å². The van der Waals surface area contributed by atoms with Gasteiger partial charge in [0.25, 0.3) is 0 Å². The van der Waals surface area contributed by atoms with Gasteiger partial charge in [-0.15, -0.1) is 0 Å². The van der Waals surface area contributed by atoms with Crippen molar-refractivity contribution in [2.75, 3.05) is 0 Å². The highest BCUT2D eigenvalue weighted by Gasteiger charge is 2.30. The quantitative estimate of drug-likeness (QED) is 0.386. The van der Waals surface area contributed by atoms with Crippen LogP contribution in [0.5, 0.6) is 0 Å². The average Bonchev–Trinajstić information content (AvgIpc) is 2.56. The minimum absolute atomic E-state index is 1.11. The first-order chi connectivity index (χ1) is 10.4. The molecule has 0 radical (unpaired) electrons. The second-order valence-electron chi connectivity index (χ2n) is 8.02. The summed E-state index contributed by atoms with van der Waals surface area (Å²) in [5.41, 5.74) is 0. The number of unbranched alkanes of at least 4 members (excludes halogenated alkanes) is 5. The van der Waals surface area contributed by atoms with Crippen LogP contribution in [-0.4, -0.2) is 0 Å². The van der Waals surface area contributed by atoms with E-state index in [9.17, 15) is 0 Å². The van der Waals surface area contributed by atoms with Crippen LogP contribution in [0.25, 0.3) is 0 Å². The molecule has 0 aromatic carbocycles. The molecular formula is C21H40. The van der Waals surface area contributed by atoms with Crippen molar-refractivity contribution in [3.05, 3.63) is 0 Å². The molecule has 0 saturated heterocycles. The van der Waals surface area contributed by atoms with E-state index in [1.807, 2.05) is 0 Å². The summed E-state index contributed by atoms with van der Waals surface area (Å²) in [6.45, 7) is 2.32. The van der Waals surface area contributed by atoms with Gasteiger partial charge in [0.05, 0.1) is 0 Å². The van der Waals surface area contributed by atoms with Crippen molar-refractivity contribution in [2.24, 2.45) is 17.8 Å². The van der Waals surface area contributed by atoms with Gasteiger partial charge in [0.15, 0.2) is 0 Å². The van der Waals surface area contributed by atoms with Gasteiger partial charge < -0.3 is 0 Å². The maximum Gasteiger partial charge on any atom is -0.0357 e. The molecule has 2 saturated carbocycles. The summed E-state index contributed by atoms with van der Waals surface area (Å²) in [5, 5.41) is 0. The molecule has 0 unspecified atom stereocenters. The Labute approximate surface area is 134 Å². The summed E-state index contributed by atoms with van der Waals surface area (Å²) >= 11 is 0. The molecule has 0 heterocycles. The van der Waals surface area contributed by atoms with Crippen molar-refractivity contribution < 1.29 is 0 Å². The van der Waals surface area contributed by atoms with Crippen LogP contribution in [0.3, 0.4) is 0 Å². The Morgan fingerprint density at radius 1 is 0.619 bits per heavy atom. The maximum absolute atomic E-state index is 2.32. The van der Waals surface area contributed by atoms with Crippen molar-refractivity contribution in [3.8, 4) is 0 Å². The van der Waals surface area contributed by atoms with Crippen molar-refractivity contribution in [2.45, 2.75) is 116 Å². The van der Waals surface area contributed by atoms with Crippen LogP contribution < -0.4 is 0 Å². The highest BCUT2D eigenvalue weighted by Crippen LogP contribution is 2.42. The van der Waals surface area contributed by atoms with Crippen molar-refractivity contribution in [1.82, 2.24) is 0 Å². The van der Waals surface area contributed by atoms with Crippen LogP contribution in [0.4, 0.5) is 0 Å². The lowest BCUT2D eigenvalue weighted by Gasteiger charge is -2.38. The van der Waals surface area contributed by atoms with E-state index in [4.69, 9.17) is 0 Å². The second-order valence-corrected chi connectivity index (χ2v) is 8.02. The first-order valence-corrected chi connectivity index (χ1v) is 10.4. The van der Waals surface area contributed by atoms with Gasteiger partial charge in [-0.2, -0.15) is 0 Å². The van der Waals surface area contributed by atoms with Gasteiger partial charge in [-0.1, -0.05) is 110 Å². The van der Waals surface area contributed by atoms with E-state index in [1.165, 1.54) is 77.0 Å². The molecule has 0 aliphatic heterocycles. The number of hydrogen-bond donors (Lipinski definition) is 0. The molecule has 2 fully saturated rings. The van der Waals surface area contributed by atoms with Gasteiger partial charge in [-0.3, -0.25) is 0 Å². The zero-order valence-electron chi connectivity index (χ0n) is 14.8. The van der Waals surface area contributed by atoms with E-state index in [2.05, 4.69) is 6.92 Å². The Balaban J connectivity index is 1.74. The highest BCUT2D eigenvalue weighted by atomic mass is 14.4. The summed E-state index contributed by atoms with van der Waals surface area (Å²) in [7, 11) is 0. The fourth-order valence-electron chi connectivity index (χ4n) is 5.14. The molecule has 0 N–H and O–H groups in total. The lowest BCUT2D eigenvalue weighted by atomic mass is 9.68. The summed E-state index contributed by atoms with van der Waals surface area (Å²) < 4.78 is 0. The van der Waals surface area contributed by atoms with Gasteiger partial charge in [-0.05, 0) is 24.2 Å². The number of rotatable bonds is 9. The highest BCUT2D eigenvalue weighted by molar-refractivity contribution is 4.81. The molecule has 124 valence electrons. The third-order valence-electron chi connectivity index (χ3n) is 6.40. The van der Waals surface area contributed by atoms with E-state index < -0.39 is 0 Å². The molecule has 0 bridgehead atoms. The molecule has 0 aromatic rings. The lowest BCUT2D eigenvalue weighted by Crippen LogP contribution is -2.27. The fraction of sp³-hybridized carbons (Fsp3) is 1.00. The minimum atomic E-state index is 1.11. The minimum Gasteiger partial charge on any atom is -0.0654 e. The molecule has 0 amide bonds. The number of hydrogen-bond acceptors (Lipinski definition) is 0. The zero-order valence-corrected chi connectivity index (χ0v) is 14.8. The third kappa shape index (κ3) is 6.33. The molecule has 2 aliphatic rings. The molecule has 0 aromatic heterocycles. The molecule has 2 rings (SSSR count). The van der Waals surface area contributed by atoms with Gasteiger partial charge in [-0.25, -0.2) is 0 Å². The summed E-state index contributed by atoms with van der Waals surface area (Å²) in [6.07, 6.45) is 25.9. The maximum atomic E-state index is 2.32. The van der Waals surface area contributed by atoms with Crippen molar-refractivity contribution in [3.63, 3.8) is 0 Å². The van der Waals surface area contributed by atoms with Crippen LogP contribution in [0.2, 0.25) is 0 Å². The second kappa shape index (κ2) is 10.7. The van der Waals surface area contributed by atoms with Gasteiger partial charge >= 0.3 is 0 Å². The predicted molar refractivity (Wildman–Crippen MR) is 94.6 cm³/mol. The lowest BCUT2D eigenvalue weighted by molar-refractivity contribution is 0.131. The smallest absolute Gasteiger partial charge is 0.0357 e. The van der Waals surface area contributed by atoms with E-state index in [-0.39, 0.29) is 0 Å². The molecule has 2 aliphatic carbocycles. The topological polar surface area (TPSA) is 0 Å². The van der Waals surface area contributed by atoms with E-state index in [0.29, 0.717) is 0 Å². The Morgan fingerprint density at radius 2 is 1.10 bits per heavy atom. The van der Waals surface area contributed by atoms with Crippen LogP contribution in [0, 0.1) is 17.8 Å². The van der Waals surface area contributed by atoms with Crippen LogP contribution >= 0.6 is 0 Å². The Bertz CT molecular complexity index is 214. The zero-order chi connectivity index (χ0) is 14.8. The molecule has 21 heavy (non-hydrogen) atoms. The Hall–Kier alpha value is 0. The summed E-state index contributed by atoms with van der Waals surface area (Å²) in [4.78, 5) is 0. The molecule has 0 spiro atoms. The first-order valence-electron chi connectivity index (χ1n) is 10.4. The van der Waals surface area contributed by atoms with E-state index in [0.717, 1.165) is 17.8 Å². The predicted octanol–water partition coefficient (Wildman–Crippen LogP) is 7.51. The third-order valence-corrected chi connectivity index (χ3v) is 6.40. The largest absolute Gasteiger partial charge is 0.0654 e. The van der Waals surface area contributed by atoms with Gasteiger partial charge in [0.2, 0.25) is 0 Å². The van der Waals surface area contributed by atoms with E-state index >= 15 is 0 Å². The fourth-order valence-corrected chi connectivity index (χ4v) is 5.14. The molecule has 0 heteroatoms. The first kappa shape index (κ1) is 17.4. The molecule has 0 nitrogen and oxygen atoms in total. The normalized spacial score (nSPS) is 22.0. The molecule has 0 atom stereocenters. The monoisotopic (exact) mass is 292 g/mol. The summed E-state index contributed by atoms with van der Waals surface area (Å²) in [6, 6.07) is 0. The van der Waals surface area contributed by atoms with Gasteiger partial charge in [0.1, 0.15) is 0 Å². The van der Waals surface area contributed by atoms with Crippen molar-refractivity contribution in [1.29, 1.82) is 0 Å². The Kier molecular flexibility index (Phi) is 8.83. The average molecular weight is 293 g/mol. The molecular weight excluding hydrogens is 252 g/mol. The van der Waals surface area contributed by atoms with Crippen molar-refractivity contribution >= 4 is 0 Å². The van der Waals surface area contributed by atoms with E-state index in [1.54, 1.807) is 32.1 Å². The van der Waals surface area contributed by atoms with Crippen LogP contribution in [0.15, 0.2) is 0 Å². The standard InChI is InChI=1S/C21H40/c1-2-3-4-5-6-13-18-21(19-14-9-7-10-15-19)20-16-11-8-12-17-20/h19-21H,2-18H2,1H3. The van der Waals surface area contributed by atoms with Crippen LogP contribution in [-0.2, 0) is 0 Å².